The Morgan fingerprint density at radius 2 is 2.17 bits per heavy atom. The molecule has 2 aliphatic rings. The SMILES string of the molecule is CC1CCC2(CC1)NC(=O)N(CC(Cl)C#N)C2=O. The highest BCUT2D eigenvalue weighted by molar-refractivity contribution is 6.23. The molecule has 0 aromatic carbocycles. The first-order valence-corrected chi connectivity index (χ1v) is 6.60. The smallest absolute Gasteiger partial charge is 0.323 e. The van der Waals surface area contributed by atoms with Gasteiger partial charge in [0, 0.05) is 0 Å². The number of nitrogens with zero attached hydrogens (tertiary/aromatic N) is 2. The molecule has 1 atom stereocenters. The van der Waals surface area contributed by atoms with Gasteiger partial charge in [-0.3, -0.25) is 9.69 Å². The summed E-state index contributed by atoms with van der Waals surface area (Å²) >= 11 is 5.69. The van der Waals surface area contributed by atoms with Crippen LogP contribution in [0.4, 0.5) is 4.79 Å². The minimum Gasteiger partial charge on any atom is -0.323 e. The van der Waals surface area contributed by atoms with Gasteiger partial charge in [-0.15, -0.1) is 11.6 Å². The van der Waals surface area contributed by atoms with Gasteiger partial charge in [0.25, 0.3) is 5.91 Å². The fraction of sp³-hybridized carbons (Fsp3) is 0.750. The maximum absolute atomic E-state index is 12.3. The van der Waals surface area contributed by atoms with E-state index in [0.717, 1.165) is 17.7 Å². The van der Waals surface area contributed by atoms with Crippen molar-refractivity contribution < 1.29 is 9.59 Å². The van der Waals surface area contributed by atoms with E-state index >= 15 is 0 Å². The number of imide groups is 1. The Morgan fingerprint density at radius 1 is 1.56 bits per heavy atom. The zero-order chi connectivity index (χ0) is 13.3. The summed E-state index contributed by atoms with van der Waals surface area (Å²) in [7, 11) is 0. The van der Waals surface area contributed by atoms with E-state index in [2.05, 4.69) is 12.2 Å². The molecule has 1 saturated carbocycles. The summed E-state index contributed by atoms with van der Waals surface area (Å²) in [4.78, 5) is 25.2. The number of hydrogen-bond donors (Lipinski definition) is 1. The second-order valence-electron chi connectivity index (χ2n) is 5.21. The number of hydrogen-bond acceptors (Lipinski definition) is 3. The monoisotopic (exact) mass is 269 g/mol. The van der Waals surface area contributed by atoms with Crippen LogP contribution in [0.25, 0.3) is 0 Å². The molecule has 2 fully saturated rings. The number of alkyl halides is 1. The van der Waals surface area contributed by atoms with Crippen molar-refractivity contribution in [1.29, 1.82) is 5.26 Å². The molecule has 2 rings (SSSR count). The van der Waals surface area contributed by atoms with Crippen molar-refractivity contribution in [2.45, 2.75) is 43.5 Å². The van der Waals surface area contributed by atoms with Crippen LogP contribution in [0.5, 0.6) is 0 Å². The second-order valence-corrected chi connectivity index (χ2v) is 5.73. The fourth-order valence-electron chi connectivity index (χ4n) is 2.64. The van der Waals surface area contributed by atoms with Crippen LogP contribution in [0.2, 0.25) is 0 Å². The lowest BCUT2D eigenvalue weighted by atomic mass is 9.77. The molecule has 5 nitrogen and oxygen atoms in total. The van der Waals surface area contributed by atoms with E-state index < -0.39 is 16.9 Å². The quantitative estimate of drug-likeness (QED) is 0.611. The highest BCUT2D eigenvalue weighted by Crippen LogP contribution is 2.36. The van der Waals surface area contributed by atoms with E-state index in [0.29, 0.717) is 18.8 Å². The van der Waals surface area contributed by atoms with Gasteiger partial charge in [-0.1, -0.05) is 6.92 Å². The fourth-order valence-corrected chi connectivity index (χ4v) is 2.77. The number of amides is 3. The Bertz CT molecular complexity index is 410. The number of rotatable bonds is 2. The molecule has 1 aliphatic heterocycles. The average Bonchev–Trinajstić information content (AvgIpc) is 2.58. The zero-order valence-corrected chi connectivity index (χ0v) is 11.0. The largest absolute Gasteiger partial charge is 0.325 e. The van der Waals surface area contributed by atoms with E-state index in [-0.39, 0.29) is 12.5 Å². The summed E-state index contributed by atoms with van der Waals surface area (Å²) < 4.78 is 0. The van der Waals surface area contributed by atoms with Crippen molar-refractivity contribution >= 4 is 23.5 Å². The second kappa shape index (κ2) is 4.77. The van der Waals surface area contributed by atoms with Crippen molar-refractivity contribution in [3.05, 3.63) is 0 Å². The van der Waals surface area contributed by atoms with Gasteiger partial charge in [0.05, 0.1) is 12.6 Å². The topological polar surface area (TPSA) is 73.2 Å². The summed E-state index contributed by atoms with van der Waals surface area (Å²) in [6.45, 7) is 2.11. The van der Waals surface area contributed by atoms with Crippen LogP contribution in [-0.2, 0) is 4.79 Å². The standard InChI is InChI=1S/C12H16ClN3O2/c1-8-2-4-12(5-3-8)10(17)16(11(18)15-12)7-9(13)6-14/h8-9H,2-5,7H2,1H3,(H,15,18). The Hall–Kier alpha value is -1.28. The molecule has 0 radical (unpaired) electrons. The highest BCUT2D eigenvalue weighted by atomic mass is 35.5. The average molecular weight is 270 g/mol. The number of carbonyl (C=O) groups is 2. The van der Waals surface area contributed by atoms with Gasteiger partial charge < -0.3 is 5.32 Å². The van der Waals surface area contributed by atoms with Gasteiger partial charge in [0.1, 0.15) is 10.9 Å². The highest BCUT2D eigenvalue weighted by Gasteiger charge is 2.52. The molecule has 1 saturated heterocycles. The van der Waals surface area contributed by atoms with E-state index in [9.17, 15) is 9.59 Å². The van der Waals surface area contributed by atoms with Crippen LogP contribution in [-0.4, -0.2) is 34.3 Å². The first-order chi connectivity index (χ1) is 8.48. The normalized spacial score (nSPS) is 33.4. The number of halogens is 1. The van der Waals surface area contributed by atoms with Gasteiger partial charge in [-0.25, -0.2) is 4.79 Å². The van der Waals surface area contributed by atoms with E-state index in [4.69, 9.17) is 16.9 Å². The third-order valence-electron chi connectivity index (χ3n) is 3.86. The minimum absolute atomic E-state index is 0.0416. The molecule has 1 N–H and O–H groups in total. The molecule has 98 valence electrons. The van der Waals surface area contributed by atoms with Crippen molar-refractivity contribution in [1.82, 2.24) is 10.2 Å². The van der Waals surface area contributed by atoms with Crippen LogP contribution in [0.3, 0.4) is 0 Å². The third-order valence-corrected chi connectivity index (χ3v) is 4.09. The predicted molar refractivity (Wildman–Crippen MR) is 65.9 cm³/mol. The van der Waals surface area contributed by atoms with Gasteiger partial charge in [-0.05, 0) is 31.6 Å². The molecule has 1 spiro atoms. The Morgan fingerprint density at radius 3 is 2.72 bits per heavy atom. The Kier molecular flexibility index (Phi) is 3.49. The van der Waals surface area contributed by atoms with E-state index in [1.165, 1.54) is 0 Å². The number of carbonyl (C=O) groups excluding carboxylic acids is 2. The summed E-state index contributed by atoms with van der Waals surface area (Å²) in [6, 6.07) is 1.40. The van der Waals surface area contributed by atoms with Crippen LogP contribution < -0.4 is 5.32 Å². The molecule has 0 aromatic rings. The molecule has 1 aliphatic carbocycles. The van der Waals surface area contributed by atoms with Crippen LogP contribution in [0.15, 0.2) is 0 Å². The lowest BCUT2D eigenvalue weighted by Gasteiger charge is -2.33. The Labute approximate surface area is 111 Å². The molecule has 0 bridgehead atoms. The van der Waals surface area contributed by atoms with Gasteiger partial charge >= 0.3 is 6.03 Å². The van der Waals surface area contributed by atoms with Crippen molar-refractivity contribution in [3.63, 3.8) is 0 Å². The Balaban J connectivity index is 2.12. The third kappa shape index (κ3) is 2.17. The van der Waals surface area contributed by atoms with Gasteiger partial charge in [0.15, 0.2) is 0 Å². The molecule has 6 heteroatoms. The van der Waals surface area contributed by atoms with Gasteiger partial charge in [-0.2, -0.15) is 5.26 Å². The van der Waals surface area contributed by atoms with Crippen molar-refractivity contribution in [2.75, 3.05) is 6.54 Å². The summed E-state index contributed by atoms with van der Waals surface area (Å²) in [5.74, 6) is 0.370. The lowest BCUT2D eigenvalue weighted by Crippen LogP contribution is -2.49. The van der Waals surface area contributed by atoms with Crippen LogP contribution in [0, 0.1) is 17.2 Å². The van der Waals surface area contributed by atoms with Crippen molar-refractivity contribution in [2.24, 2.45) is 5.92 Å². The molecule has 1 unspecified atom stereocenters. The first-order valence-electron chi connectivity index (χ1n) is 6.16. The van der Waals surface area contributed by atoms with Crippen LogP contribution >= 0.6 is 11.6 Å². The maximum atomic E-state index is 12.3. The molecular formula is C12H16ClN3O2. The molecule has 1 heterocycles. The molecule has 3 amide bonds. The molecule has 18 heavy (non-hydrogen) atoms. The number of nitrogens with one attached hydrogen (secondary N) is 1. The summed E-state index contributed by atoms with van der Waals surface area (Å²) in [5, 5.41) is 10.6. The maximum Gasteiger partial charge on any atom is 0.325 e. The number of nitriles is 1. The summed E-state index contributed by atoms with van der Waals surface area (Å²) in [6.07, 6.45) is 3.22. The minimum atomic E-state index is -0.850. The van der Waals surface area contributed by atoms with Crippen molar-refractivity contribution in [3.8, 4) is 6.07 Å². The van der Waals surface area contributed by atoms with Crippen LogP contribution in [0.1, 0.15) is 32.6 Å². The number of urea groups is 1. The first kappa shape index (κ1) is 13.2. The summed E-state index contributed by atoms with van der Waals surface area (Å²) in [5.41, 5.74) is -0.740. The lowest BCUT2D eigenvalue weighted by molar-refractivity contribution is -0.132. The van der Waals surface area contributed by atoms with E-state index in [1.54, 1.807) is 0 Å². The van der Waals surface area contributed by atoms with E-state index in [1.807, 2.05) is 6.07 Å². The molecular weight excluding hydrogens is 254 g/mol. The molecule has 0 aromatic heterocycles. The van der Waals surface area contributed by atoms with Gasteiger partial charge in [0.2, 0.25) is 0 Å². The zero-order valence-electron chi connectivity index (χ0n) is 10.3. The predicted octanol–water partition coefficient (Wildman–Crippen LogP) is 1.62.